The van der Waals surface area contributed by atoms with E-state index in [1.54, 1.807) is 13.8 Å². The molecule has 2 aromatic carbocycles. The molecule has 1 unspecified atom stereocenters. The fourth-order valence-electron chi connectivity index (χ4n) is 3.70. The maximum atomic E-state index is 12.9. The largest absolute Gasteiger partial charge is 0.477 e. The molecule has 0 aliphatic heterocycles. The fraction of sp³-hybridized carbons (Fsp3) is 0.269. The number of rotatable bonds is 10. The van der Waals surface area contributed by atoms with Crippen molar-refractivity contribution in [2.45, 2.75) is 32.7 Å². The van der Waals surface area contributed by atoms with Gasteiger partial charge in [0.2, 0.25) is 0 Å². The molecule has 0 aliphatic rings. The minimum Gasteiger partial charge on any atom is -0.477 e. The fourth-order valence-corrected chi connectivity index (χ4v) is 3.70. The molecule has 3 rings (SSSR count). The van der Waals surface area contributed by atoms with Gasteiger partial charge in [-0.1, -0.05) is 61.5 Å². The number of carboxylic acid groups (broad SMARTS) is 1. The molecule has 9 heteroatoms. The molecule has 3 N–H and O–H groups in total. The van der Waals surface area contributed by atoms with Gasteiger partial charge in [-0.15, -0.1) is 0 Å². The van der Waals surface area contributed by atoms with E-state index in [0.29, 0.717) is 6.42 Å². The van der Waals surface area contributed by atoms with Crippen LogP contribution in [0.5, 0.6) is 0 Å². The first kappa shape index (κ1) is 25.4. The molecule has 1 amide bonds. The summed E-state index contributed by atoms with van der Waals surface area (Å²) in [6.45, 7) is 3.68. The standard InChI is InChI=1S/C26H27N3O6/c1-3-35-25(33)16(2)13-20(27-23(30)21-15-22(24(31)32)29-26(34)28-21)14-17-9-11-19(12-10-17)18-7-5-4-6-8-18/h4-12,15-16,20H,3,13-14H2,1-2H3,(H,27,30)(H,31,32)(H,28,29,34)/t16-,20?/m1/s1. The predicted octanol–water partition coefficient (Wildman–Crippen LogP) is 3.07. The quantitative estimate of drug-likeness (QED) is 0.382. The second-order valence-corrected chi connectivity index (χ2v) is 8.12. The third-order valence-corrected chi connectivity index (χ3v) is 5.41. The number of H-pyrrole nitrogens is 1. The van der Waals surface area contributed by atoms with Crippen molar-refractivity contribution >= 4 is 17.8 Å². The van der Waals surface area contributed by atoms with E-state index in [0.717, 1.165) is 22.8 Å². The number of esters is 1. The third kappa shape index (κ3) is 7.10. The number of aromatic carboxylic acids is 1. The number of carbonyl (C=O) groups excluding carboxylic acids is 2. The van der Waals surface area contributed by atoms with E-state index in [4.69, 9.17) is 9.84 Å². The lowest BCUT2D eigenvalue weighted by molar-refractivity contribution is -0.147. The summed E-state index contributed by atoms with van der Waals surface area (Å²) in [5, 5.41) is 11.9. The van der Waals surface area contributed by atoms with Crippen LogP contribution in [0.3, 0.4) is 0 Å². The topological polar surface area (TPSA) is 138 Å². The van der Waals surface area contributed by atoms with Gasteiger partial charge < -0.3 is 15.2 Å². The summed E-state index contributed by atoms with van der Waals surface area (Å²) >= 11 is 0. The molecule has 0 saturated carbocycles. The molecule has 9 nitrogen and oxygen atoms in total. The van der Waals surface area contributed by atoms with Crippen LogP contribution in [0.15, 0.2) is 65.5 Å². The maximum Gasteiger partial charge on any atom is 0.352 e. The van der Waals surface area contributed by atoms with Crippen molar-refractivity contribution in [1.29, 1.82) is 0 Å². The predicted molar refractivity (Wildman–Crippen MR) is 129 cm³/mol. The average Bonchev–Trinajstić information content (AvgIpc) is 2.84. The molecule has 2 atom stereocenters. The smallest absolute Gasteiger partial charge is 0.352 e. The molecule has 182 valence electrons. The summed E-state index contributed by atoms with van der Waals surface area (Å²) in [5.41, 5.74) is 1.35. The monoisotopic (exact) mass is 477 g/mol. The minimum atomic E-state index is -1.38. The van der Waals surface area contributed by atoms with Crippen LogP contribution < -0.4 is 11.0 Å². The first-order valence-electron chi connectivity index (χ1n) is 11.2. The minimum absolute atomic E-state index is 0.246. The van der Waals surface area contributed by atoms with Crippen LogP contribution in [0.25, 0.3) is 11.1 Å². The Balaban J connectivity index is 1.81. The van der Waals surface area contributed by atoms with Crippen molar-refractivity contribution in [2.75, 3.05) is 6.61 Å². The van der Waals surface area contributed by atoms with Gasteiger partial charge in [0.1, 0.15) is 11.4 Å². The molecule has 0 radical (unpaired) electrons. The highest BCUT2D eigenvalue weighted by Crippen LogP contribution is 2.21. The molecular formula is C26H27N3O6. The summed E-state index contributed by atoms with van der Waals surface area (Å²) < 4.78 is 5.09. The number of nitrogens with one attached hydrogen (secondary N) is 2. The van der Waals surface area contributed by atoms with E-state index in [1.165, 1.54) is 0 Å². The highest BCUT2D eigenvalue weighted by Gasteiger charge is 2.23. The van der Waals surface area contributed by atoms with Crippen LogP contribution in [-0.4, -0.2) is 45.6 Å². The highest BCUT2D eigenvalue weighted by molar-refractivity contribution is 5.95. The number of nitrogens with zero attached hydrogens (tertiary/aromatic N) is 1. The van der Waals surface area contributed by atoms with Crippen LogP contribution >= 0.6 is 0 Å². The Labute approximate surface area is 202 Å². The Morgan fingerprint density at radius 2 is 1.71 bits per heavy atom. The number of aromatic amines is 1. The Hall–Kier alpha value is -4.27. The summed E-state index contributed by atoms with van der Waals surface area (Å²) in [4.78, 5) is 53.6. The van der Waals surface area contributed by atoms with E-state index < -0.39 is 35.2 Å². The number of benzene rings is 2. The highest BCUT2D eigenvalue weighted by atomic mass is 16.5. The lowest BCUT2D eigenvalue weighted by atomic mass is 9.94. The van der Waals surface area contributed by atoms with Crippen LogP contribution in [0.4, 0.5) is 0 Å². The van der Waals surface area contributed by atoms with Gasteiger partial charge in [-0.25, -0.2) is 9.59 Å². The van der Waals surface area contributed by atoms with Gasteiger partial charge in [0.15, 0.2) is 0 Å². The molecule has 0 bridgehead atoms. The zero-order valence-corrected chi connectivity index (χ0v) is 19.5. The van der Waals surface area contributed by atoms with Gasteiger partial charge in [-0.05, 0) is 36.5 Å². The Morgan fingerprint density at radius 3 is 2.34 bits per heavy atom. The van der Waals surface area contributed by atoms with E-state index in [9.17, 15) is 19.2 Å². The Kier molecular flexibility index (Phi) is 8.50. The number of carboxylic acids is 1. The van der Waals surface area contributed by atoms with Gasteiger partial charge in [-0.3, -0.25) is 14.6 Å². The molecule has 35 heavy (non-hydrogen) atoms. The Morgan fingerprint density at radius 1 is 1.06 bits per heavy atom. The van der Waals surface area contributed by atoms with Crippen LogP contribution in [0, 0.1) is 5.92 Å². The average molecular weight is 478 g/mol. The van der Waals surface area contributed by atoms with Crippen molar-refractivity contribution in [2.24, 2.45) is 5.92 Å². The van der Waals surface area contributed by atoms with Crippen molar-refractivity contribution in [3.05, 3.63) is 88.1 Å². The van der Waals surface area contributed by atoms with Gasteiger partial charge >= 0.3 is 17.6 Å². The summed E-state index contributed by atoms with van der Waals surface area (Å²) in [5.74, 6) is -2.97. The molecular weight excluding hydrogens is 450 g/mol. The van der Waals surface area contributed by atoms with Crippen LogP contribution in [-0.2, 0) is 16.0 Å². The zero-order valence-electron chi connectivity index (χ0n) is 19.5. The first-order chi connectivity index (χ1) is 16.8. The number of ether oxygens (including phenoxy) is 1. The molecule has 0 fully saturated rings. The summed E-state index contributed by atoms with van der Waals surface area (Å²) in [7, 11) is 0. The van der Waals surface area contributed by atoms with Crippen LogP contribution in [0.1, 0.15) is 46.8 Å². The number of aromatic nitrogens is 2. The second kappa shape index (κ2) is 11.7. The van der Waals surface area contributed by atoms with Crippen molar-refractivity contribution in [3.8, 4) is 11.1 Å². The zero-order chi connectivity index (χ0) is 25.4. The molecule has 0 saturated heterocycles. The van der Waals surface area contributed by atoms with Crippen molar-refractivity contribution < 1.29 is 24.2 Å². The molecule has 0 spiro atoms. The Bertz CT molecular complexity index is 1240. The first-order valence-corrected chi connectivity index (χ1v) is 11.2. The molecule has 0 aliphatic carbocycles. The van der Waals surface area contributed by atoms with E-state index in [2.05, 4.69) is 15.3 Å². The number of hydrogen-bond donors (Lipinski definition) is 3. The maximum absolute atomic E-state index is 12.9. The van der Waals surface area contributed by atoms with E-state index in [1.807, 2.05) is 54.6 Å². The van der Waals surface area contributed by atoms with Gasteiger partial charge in [0.05, 0.1) is 12.5 Å². The lowest BCUT2D eigenvalue weighted by Crippen LogP contribution is -2.40. The number of hydrogen-bond acceptors (Lipinski definition) is 6. The van der Waals surface area contributed by atoms with E-state index in [-0.39, 0.29) is 24.7 Å². The second-order valence-electron chi connectivity index (χ2n) is 8.12. The van der Waals surface area contributed by atoms with Gasteiger partial charge in [0.25, 0.3) is 5.91 Å². The SMILES string of the molecule is CCOC(=O)[C@H](C)CC(Cc1ccc(-c2ccccc2)cc1)NC(=O)c1cc(C(=O)O)[nH]c(=O)n1. The van der Waals surface area contributed by atoms with Gasteiger partial charge in [0, 0.05) is 12.1 Å². The summed E-state index contributed by atoms with van der Waals surface area (Å²) in [6, 6.07) is 18.3. The van der Waals surface area contributed by atoms with Crippen molar-refractivity contribution in [3.63, 3.8) is 0 Å². The third-order valence-electron chi connectivity index (χ3n) is 5.41. The number of carbonyl (C=O) groups is 3. The molecule has 1 heterocycles. The van der Waals surface area contributed by atoms with Gasteiger partial charge in [-0.2, -0.15) is 4.98 Å². The number of amides is 1. The van der Waals surface area contributed by atoms with Crippen molar-refractivity contribution in [1.82, 2.24) is 15.3 Å². The molecule has 1 aromatic heterocycles. The van der Waals surface area contributed by atoms with Crippen LogP contribution in [0.2, 0.25) is 0 Å². The molecule has 3 aromatic rings. The lowest BCUT2D eigenvalue weighted by Gasteiger charge is -2.22. The van der Waals surface area contributed by atoms with E-state index >= 15 is 0 Å². The summed E-state index contributed by atoms with van der Waals surface area (Å²) in [6.07, 6.45) is 0.680. The normalized spacial score (nSPS) is 12.4.